The Labute approximate surface area is 113 Å². The predicted octanol–water partition coefficient (Wildman–Crippen LogP) is 2.04. The molecular formula is C15H19N3O. The molecule has 2 N–H and O–H groups in total. The van der Waals surface area contributed by atoms with Gasteiger partial charge in [-0.1, -0.05) is 18.2 Å². The van der Waals surface area contributed by atoms with Gasteiger partial charge in [0.2, 0.25) is 0 Å². The van der Waals surface area contributed by atoms with Crippen LogP contribution in [0.2, 0.25) is 0 Å². The molecule has 0 aliphatic carbocycles. The molecule has 2 rings (SSSR count). The highest BCUT2D eigenvalue weighted by molar-refractivity contribution is 6.06. The Morgan fingerprint density at radius 3 is 2.74 bits per heavy atom. The second-order valence-electron chi connectivity index (χ2n) is 4.76. The van der Waals surface area contributed by atoms with Crippen LogP contribution in [0.1, 0.15) is 24.2 Å². The summed E-state index contributed by atoms with van der Waals surface area (Å²) < 4.78 is 0. The molecule has 19 heavy (non-hydrogen) atoms. The van der Waals surface area contributed by atoms with Crippen molar-refractivity contribution in [2.75, 3.05) is 13.1 Å². The second-order valence-corrected chi connectivity index (χ2v) is 4.76. The third kappa shape index (κ3) is 2.74. The third-order valence-corrected chi connectivity index (χ3v) is 3.13. The molecule has 4 heteroatoms. The number of carbonyl (C=O) groups is 1. The third-order valence-electron chi connectivity index (χ3n) is 3.13. The Hall–Kier alpha value is -1.94. The van der Waals surface area contributed by atoms with Crippen molar-refractivity contribution < 1.29 is 4.79 Å². The fraction of sp³-hybridized carbons (Fsp3) is 0.333. The molecule has 100 valence electrons. The fourth-order valence-electron chi connectivity index (χ4n) is 2.17. The molecule has 0 saturated heterocycles. The van der Waals surface area contributed by atoms with E-state index in [0.717, 1.165) is 10.9 Å². The van der Waals surface area contributed by atoms with Crippen LogP contribution < -0.4 is 5.73 Å². The number of para-hydroxylation sites is 1. The highest BCUT2D eigenvalue weighted by Gasteiger charge is 2.19. The van der Waals surface area contributed by atoms with Crippen LogP contribution in [-0.4, -0.2) is 34.9 Å². The lowest BCUT2D eigenvalue weighted by molar-refractivity contribution is 0.0714. The Morgan fingerprint density at radius 2 is 2.05 bits per heavy atom. The zero-order valence-corrected chi connectivity index (χ0v) is 11.3. The van der Waals surface area contributed by atoms with Crippen LogP contribution in [0.25, 0.3) is 10.9 Å². The maximum Gasteiger partial charge on any atom is 0.254 e. The number of hydrogen-bond acceptors (Lipinski definition) is 3. The van der Waals surface area contributed by atoms with Crippen molar-refractivity contribution in [2.24, 2.45) is 5.73 Å². The molecule has 1 heterocycles. The molecule has 0 saturated carbocycles. The molecule has 0 unspecified atom stereocenters. The van der Waals surface area contributed by atoms with Crippen LogP contribution in [0.4, 0.5) is 0 Å². The molecule has 4 nitrogen and oxygen atoms in total. The van der Waals surface area contributed by atoms with E-state index < -0.39 is 0 Å². The standard InChI is InChI=1S/C15H19N3O/c1-11(2)18(10-8-16)15(19)13-7-9-17-14-6-4-3-5-12(13)14/h3-7,9,11H,8,10,16H2,1-2H3. The zero-order chi connectivity index (χ0) is 13.8. The van der Waals surface area contributed by atoms with E-state index in [0.29, 0.717) is 18.7 Å². The number of nitrogens with zero attached hydrogens (tertiary/aromatic N) is 2. The first-order chi connectivity index (χ1) is 9.15. The Morgan fingerprint density at radius 1 is 1.32 bits per heavy atom. The first-order valence-corrected chi connectivity index (χ1v) is 6.50. The molecule has 0 spiro atoms. The number of pyridine rings is 1. The van der Waals surface area contributed by atoms with Crippen LogP contribution in [0.5, 0.6) is 0 Å². The average molecular weight is 257 g/mol. The molecule has 0 aliphatic heterocycles. The Balaban J connectivity index is 2.45. The topological polar surface area (TPSA) is 59.2 Å². The zero-order valence-electron chi connectivity index (χ0n) is 11.3. The van der Waals surface area contributed by atoms with Crippen molar-refractivity contribution in [3.05, 3.63) is 42.1 Å². The lowest BCUT2D eigenvalue weighted by Crippen LogP contribution is -2.40. The van der Waals surface area contributed by atoms with Gasteiger partial charge in [0.15, 0.2) is 0 Å². The minimum absolute atomic E-state index is 0.0130. The maximum absolute atomic E-state index is 12.6. The lowest BCUT2D eigenvalue weighted by atomic mass is 10.1. The highest BCUT2D eigenvalue weighted by atomic mass is 16.2. The van der Waals surface area contributed by atoms with E-state index >= 15 is 0 Å². The second kappa shape index (κ2) is 5.80. The molecular weight excluding hydrogens is 238 g/mol. The summed E-state index contributed by atoms with van der Waals surface area (Å²) in [5.41, 5.74) is 7.12. The minimum Gasteiger partial charge on any atom is -0.335 e. The quantitative estimate of drug-likeness (QED) is 0.912. The summed E-state index contributed by atoms with van der Waals surface area (Å²) in [7, 11) is 0. The number of benzene rings is 1. The van der Waals surface area contributed by atoms with E-state index in [2.05, 4.69) is 4.98 Å². The van der Waals surface area contributed by atoms with Crippen molar-refractivity contribution in [2.45, 2.75) is 19.9 Å². The van der Waals surface area contributed by atoms with Gasteiger partial charge in [-0.15, -0.1) is 0 Å². The van der Waals surface area contributed by atoms with Crippen LogP contribution in [0.15, 0.2) is 36.5 Å². The number of hydrogen-bond donors (Lipinski definition) is 1. The molecule has 0 atom stereocenters. The van der Waals surface area contributed by atoms with E-state index in [9.17, 15) is 4.79 Å². The molecule has 0 bridgehead atoms. The summed E-state index contributed by atoms with van der Waals surface area (Å²) in [6.07, 6.45) is 1.68. The van der Waals surface area contributed by atoms with E-state index in [1.54, 1.807) is 17.2 Å². The van der Waals surface area contributed by atoms with Crippen LogP contribution in [0.3, 0.4) is 0 Å². The van der Waals surface area contributed by atoms with E-state index in [1.165, 1.54) is 0 Å². The van der Waals surface area contributed by atoms with E-state index in [1.807, 2.05) is 38.1 Å². The molecule has 0 radical (unpaired) electrons. The molecule has 2 aromatic rings. The van der Waals surface area contributed by atoms with Gasteiger partial charge >= 0.3 is 0 Å². The van der Waals surface area contributed by atoms with Gasteiger partial charge in [0.1, 0.15) is 0 Å². The fourth-order valence-corrected chi connectivity index (χ4v) is 2.17. The Bertz CT molecular complexity index is 575. The van der Waals surface area contributed by atoms with Crippen LogP contribution in [-0.2, 0) is 0 Å². The minimum atomic E-state index is 0.0130. The van der Waals surface area contributed by atoms with E-state index in [4.69, 9.17) is 5.73 Å². The number of amides is 1. The summed E-state index contributed by atoms with van der Waals surface area (Å²) in [5.74, 6) is 0.0130. The van der Waals surface area contributed by atoms with Gasteiger partial charge in [0.05, 0.1) is 11.1 Å². The molecule has 0 fully saturated rings. The van der Waals surface area contributed by atoms with Crippen LogP contribution in [0, 0.1) is 0 Å². The summed E-state index contributed by atoms with van der Waals surface area (Å²) in [4.78, 5) is 18.7. The first kappa shape index (κ1) is 13.5. The van der Waals surface area contributed by atoms with Crippen molar-refractivity contribution in [1.29, 1.82) is 0 Å². The van der Waals surface area contributed by atoms with Gasteiger partial charge in [-0.3, -0.25) is 9.78 Å². The number of nitrogens with two attached hydrogens (primary N) is 1. The van der Waals surface area contributed by atoms with Gasteiger partial charge in [0, 0.05) is 30.7 Å². The van der Waals surface area contributed by atoms with Crippen LogP contribution >= 0.6 is 0 Å². The smallest absolute Gasteiger partial charge is 0.254 e. The normalized spacial score (nSPS) is 10.9. The first-order valence-electron chi connectivity index (χ1n) is 6.50. The van der Waals surface area contributed by atoms with Gasteiger partial charge in [0.25, 0.3) is 5.91 Å². The molecule has 0 aliphatic rings. The number of rotatable bonds is 4. The summed E-state index contributed by atoms with van der Waals surface area (Å²) in [6.45, 7) is 5.02. The van der Waals surface area contributed by atoms with Crippen molar-refractivity contribution >= 4 is 16.8 Å². The summed E-state index contributed by atoms with van der Waals surface area (Å²) in [5, 5.41) is 0.887. The van der Waals surface area contributed by atoms with Gasteiger partial charge in [-0.25, -0.2) is 0 Å². The maximum atomic E-state index is 12.6. The lowest BCUT2D eigenvalue weighted by Gasteiger charge is -2.26. The monoisotopic (exact) mass is 257 g/mol. The van der Waals surface area contributed by atoms with Gasteiger partial charge in [-0.05, 0) is 26.0 Å². The van der Waals surface area contributed by atoms with Crippen molar-refractivity contribution in [3.63, 3.8) is 0 Å². The molecule has 1 aromatic heterocycles. The van der Waals surface area contributed by atoms with Gasteiger partial charge < -0.3 is 10.6 Å². The largest absolute Gasteiger partial charge is 0.335 e. The number of carbonyl (C=O) groups excluding carboxylic acids is 1. The number of aromatic nitrogens is 1. The molecule has 1 amide bonds. The highest BCUT2D eigenvalue weighted by Crippen LogP contribution is 2.18. The Kier molecular flexibility index (Phi) is 4.12. The van der Waals surface area contributed by atoms with Gasteiger partial charge in [-0.2, -0.15) is 0 Å². The number of fused-ring (bicyclic) bond motifs is 1. The van der Waals surface area contributed by atoms with E-state index in [-0.39, 0.29) is 11.9 Å². The predicted molar refractivity (Wildman–Crippen MR) is 77.0 cm³/mol. The summed E-state index contributed by atoms with van der Waals surface area (Å²) in [6, 6.07) is 9.58. The SMILES string of the molecule is CC(C)N(CCN)C(=O)c1ccnc2ccccc12. The average Bonchev–Trinajstić information content (AvgIpc) is 2.43. The van der Waals surface area contributed by atoms with Crippen molar-refractivity contribution in [3.8, 4) is 0 Å². The van der Waals surface area contributed by atoms with Crippen molar-refractivity contribution in [1.82, 2.24) is 9.88 Å². The molecule has 1 aromatic carbocycles. The summed E-state index contributed by atoms with van der Waals surface area (Å²) >= 11 is 0.